The fourth-order valence-corrected chi connectivity index (χ4v) is 6.93. The monoisotopic (exact) mass is 563 g/mol. The van der Waals surface area contributed by atoms with Crippen LogP contribution < -0.4 is 0 Å². The van der Waals surface area contributed by atoms with E-state index in [2.05, 4.69) is 10.3 Å². The summed E-state index contributed by atoms with van der Waals surface area (Å²) in [6.07, 6.45) is 9.68. The Morgan fingerprint density at radius 3 is 2.76 bits per heavy atom. The molecule has 4 aliphatic rings. The zero-order valence-electron chi connectivity index (χ0n) is 23.5. The number of para-hydroxylation sites is 1. The van der Waals surface area contributed by atoms with Crippen molar-refractivity contribution in [3.05, 3.63) is 48.6 Å². The van der Waals surface area contributed by atoms with Crippen molar-refractivity contribution in [2.75, 3.05) is 19.8 Å². The first-order valence-electron chi connectivity index (χ1n) is 14.5. The number of hydrogen-bond donors (Lipinski definition) is 1. The van der Waals surface area contributed by atoms with E-state index in [1.165, 1.54) is 4.90 Å². The summed E-state index contributed by atoms with van der Waals surface area (Å²) in [5.41, 5.74) is 0.109. The molecule has 0 bridgehead atoms. The van der Waals surface area contributed by atoms with Crippen LogP contribution >= 0.6 is 0 Å². The molecule has 2 aromatic rings. The molecule has 5 heterocycles. The Morgan fingerprint density at radius 1 is 1.12 bits per heavy atom. The molecule has 6 atom stereocenters. The number of ether oxygens (including phenoxy) is 2. The van der Waals surface area contributed by atoms with Gasteiger partial charge in [-0.25, -0.2) is 4.68 Å². The number of hydrogen-bond acceptors (Lipinski definition) is 8. The summed E-state index contributed by atoms with van der Waals surface area (Å²) < 4.78 is 14.0. The zero-order valence-corrected chi connectivity index (χ0v) is 23.5. The number of benzene rings is 1. The molecular formula is C30H37N5O6. The minimum Gasteiger partial charge on any atom is -0.465 e. The van der Waals surface area contributed by atoms with Crippen molar-refractivity contribution in [3.8, 4) is 0 Å². The first-order chi connectivity index (χ1) is 19.9. The fraction of sp³-hybridized carbons (Fsp3) is 0.567. The lowest BCUT2D eigenvalue weighted by Crippen LogP contribution is -2.58. The van der Waals surface area contributed by atoms with Crippen molar-refractivity contribution in [3.63, 3.8) is 0 Å². The molecule has 1 N–H and O–H groups in total. The van der Waals surface area contributed by atoms with Gasteiger partial charge in [-0.2, -0.15) is 0 Å². The normalized spacial score (nSPS) is 31.6. The molecule has 11 nitrogen and oxygen atoms in total. The number of cyclic esters (lactones) is 1. The number of carbonyl (C=O) groups is 3. The Morgan fingerprint density at radius 2 is 1.95 bits per heavy atom. The van der Waals surface area contributed by atoms with Gasteiger partial charge in [0.2, 0.25) is 5.91 Å². The van der Waals surface area contributed by atoms with E-state index >= 15 is 0 Å². The number of aliphatic hydroxyl groups is 1. The number of esters is 1. The molecule has 2 saturated heterocycles. The Labute approximate surface area is 238 Å². The van der Waals surface area contributed by atoms with Gasteiger partial charge in [0.15, 0.2) is 0 Å². The summed E-state index contributed by atoms with van der Waals surface area (Å²) in [5, 5.41) is 19.0. The third-order valence-electron chi connectivity index (χ3n) is 8.70. The van der Waals surface area contributed by atoms with E-state index in [0.29, 0.717) is 11.9 Å². The first-order valence-corrected chi connectivity index (χ1v) is 14.5. The lowest BCUT2D eigenvalue weighted by atomic mass is 9.78. The number of likely N-dealkylation sites (tertiary alicyclic amines) is 1. The van der Waals surface area contributed by atoms with Gasteiger partial charge in [0.05, 0.1) is 36.8 Å². The Balaban J connectivity index is 1.43. The molecule has 4 aliphatic heterocycles. The summed E-state index contributed by atoms with van der Waals surface area (Å²) in [6.45, 7) is 4.35. The molecule has 41 heavy (non-hydrogen) atoms. The number of aliphatic hydroxyl groups excluding tert-OH is 1. The van der Waals surface area contributed by atoms with Gasteiger partial charge >= 0.3 is 5.97 Å². The standard InChI is InChI=1S/C30H37N5O6/c1-19(2)16-20(17-36)35-26-28(38)33(18-34-22-11-7-6-10-21(22)31-32-34)14-9-13-30(26)25(27(35)37)24-23(41-30)12-5-3-4-8-15-40-29(24)39/h5-7,9-13,19-20,23-26,36H,3-4,8,14-18H2,1-2H3/b12-5-/t20-,23+,24-,25+,26?,30+/m1/s1. The Hall–Kier alpha value is -3.57. The number of fused-ring (bicyclic) bond motifs is 3. The van der Waals surface area contributed by atoms with E-state index in [-0.39, 0.29) is 44.2 Å². The van der Waals surface area contributed by atoms with Gasteiger partial charge in [0.25, 0.3) is 5.91 Å². The predicted molar refractivity (Wildman–Crippen MR) is 148 cm³/mol. The lowest BCUT2D eigenvalue weighted by Gasteiger charge is -2.39. The van der Waals surface area contributed by atoms with Crippen LogP contribution in [-0.2, 0) is 30.5 Å². The smallest absolute Gasteiger partial charge is 0.312 e. The van der Waals surface area contributed by atoms with Crippen molar-refractivity contribution in [2.45, 2.75) is 70.0 Å². The third-order valence-corrected chi connectivity index (χ3v) is 8.70. The molecule has 1 aromatic carbocycles. The minimum atomic E-state index is -1.38. The SMILES string of the molecule is CC(C)C[C@H](CO)N1C(=O)[C@@H]2[C@@H]3C(=O)OCCCC/C=C\[C@@H]3O[C@@]23C=CCN(Cn2nnc4ccccc42)C(=O)C13. The number of amides is 2. The average Bonchev–Trinajstić information content (AvgIpc) is 3.55. The predicted octanol–water partition coefficient (Wildman–Crippen LogP) is 2.06. The van der Waals surface area contributed by atoms with Gasteiger partial charge in [-0.05, 0) is 43.7 Å². The van der Waals surface area contributed by atoms with Crippen LogP contribution in [0, 0.1) is 17.8 Å². The average molecular weight is 564 g/mol. The van der Waals surface area contributed by atoms with Crippen molar-refractivity contribution in [1.29, 1.82) is 0 Å². The molecule has 2 fully saturated rings. The van der Waals surface area contributed by atoms with Crippen LogP contribution in [0.1, 0.15) is 39.5 Å². The van der Waals surface area contributed by atoms with Crippen molar-refractivity contribution in [1.82, 2.24) is 24.8 Å². The van der Waals surface area contributed by atoms with Crippen molar-refractivity contribution in [2.24, 2.45) is 17.8 Å². The highest BCUT2D eigenvalue weighted by atomic mass is 16.6. The fourth-order valence-electron chi connectivity index (χ4n) is 6.93. The molecule has 11 heteroatoms. The van der Waals surface area contributed by atoms with E-state index in [1.807, 2.05) is 56.3 Å². The van der Waals surface area contributed by atoms with Crippen LogP contribution in [0.3, 0.4) is 0 Å². The molecule has 6 rings (SSSR count). The maximum absolute atomic E-state index is 14.6. The molecule has 0 radical (unpaired) electrons. The highest BCUT2D eigenvalue weighted by Crippen LogP contribution is 2.54. The molecule has 1 unspecified atom stereocenters. The van der Waals surface area contributed by atoms with Crippen LogP contribution in [0.4, 0.5) is 0 Å². The summed E-state index contributed by atoms with van der Waals surface area (Å²) in [7, 11) is 0. The molecule has 1 spiro atoms. The quantitative estimate of drug-likeness (QED) is 0.418. The minimum absolute atomic E-state index is 0.117. The zero-order chi connectivity index (χ0) is 28.7. The van der Waals surface area contributed by atoms with Gasteiger partial charge in [-0.1, -0.05) is 55.5 Å². The Bertz CT molecular complexity index is 1390. The Kier molecular flexibility index (Phi) is 7.41. The van der Waals surface area contributed by atoms with E-state index in [1.54, 1.807) is 15.7 Å². The highest BCUT2D eigenvalue weighted by Gasteiger charge is 2.72. The van der Waals surface area contributed by atoms with Gasteiger partial charge < -0.3 is 24.4 Å². The van der Waals surface area contributed by atoms with Crippen LogP contribution in [0.2, 0.25) is 0 Å². The molecule has 2 amide bonds. The topological polar surface area (TPSA) is 127 Å². The summed E-state index contributed by atoms with van der Waals surface area (Å²) in [5.74, 6) is -2.88. The van der Waals surface area contributed by atoms with Crippen LogP contribution in [0.5, 0.6) is 0 Å². The summed E-state index contributed by atoms with van der Waals surface area (Å²) >= 11 is 0. The maximum Gasteiger partial charge on any atom is 0.312 e. The number of aromatic nitrogens is 3. The summed E-state index contributed by atoms with van der Waals surface area (Å²) in [4.78, 5) is 45.6. The maximum atomic E-state index is 14.6. The van der Waals surface area contributed by atoms with Gasteiger partial charge in [0.1, 0.15) is 29.7 Å². The van der Waals surface area contributed by atoms with E-state index in [9.17, 15) is 19.5 Å². The van der Waals surface area contributed by atoms with Crippen LogP contribution in [0.25, 0.3) is 11.0 Å². The van der Waals surface area contributed by atoms with Crippen LogP contribution in [-0.4, -0.2) is 91.2 Å². The number of carbonyl (C=O) groups excluding carboxylic acids is 3. The molecule has 0 aliphatic carbocycles. The second-order valence-electron chi connectivity index (χ2n) is 11.8. The molecule has 1 aromatic heterocycles. The second kappa shape index (κ2) is 11.0. The van der Waals surface area contributed by atoms with Gasteiger partial charge in [0, 0.05) is 6.54 Å². The van der Waals surface area contributed by atoms with E-state index in [0.717, 1.165) is 24.8 Å². The van der Waals surface area contributed by atoms with E-state index < -0.39 is 41.6 Å². The van der Waals surface area contributed by atoms with Crippen LogP contribution in [0.15, 0.2) is 48.6 Å². The first kappa shape index (κ1) is 27.6. The number of rotatable bonds is 6. The van der Waals surface area contributed by atoms with Gasteiger partial charge in [-0.15, -0.1) is 5.10 Å². The molecule has 0 saturated carbocycles. The molecule has 218 valence electrons. The number of nitrogens with zero attached hydrogens (tertiary/aromatic N) is 5. The second-order valence-corrected chi connectivity index (χ2v) is 11.8. The summed E-state index contributed by atoms with van der Waals surface area (Å²) in [6, 6.07) is 5.82. The lowest BCUT2D eigenvalue weighted by molar-refractivity contribution is -0.157. The molecular weight excluding hydrogens is 526 g/mol. The van der Waals surface area contributed by atoms with Crippen molar-refractivity contribution >= 4 is 28.8 Å². The third kappa shape index (κ3) is 4.64. The largest absolute Gasteiger partial charge is 0.465 e. The number of allylic oxidation sites excluding steroid dienone is 1. The highest BCUT2D eigenvalue weighted by molar-refractivity contribution is 5.99. The van der Waals surface area contributed by atoms with E-state index in [4.69, 9.17) is 9.47 Å². The van der Waals surface area contributed by atoms with Crippen molar-refractivity contribution < 1.29 is 29.0 Å². The van der Waals surface area contributed by atoms with Gasteiger partial charge in [-0.3, -0.25) is 14.4 Å².